The fraction of sp³-hybridized carbons (Fsp3) is 0.393. The SMILES string of the molecule is COc1ccc(CCN2CC(C(=O)N(C)Cc3c(C)nn(-c4ccccc4)c3C)CC2=O)cc1OC. The van der Waals surface area contributed by atoms with E-state index in [4.69, 9.17) is 14.6 Å². The summed E-state index contributed by atoms with van der Waals surface area (Å²) in [4.78, 5) is 29.5. The molecule has 8 heteroatoms. The molecule has 2 aromatic carbocycles. The van der Waals surface area contributed by atoms with Crippen molar-refractivity contribution in [3.05, 3.63) is 71.0 Å². The predicted octanol–water partition coefficient (Wildman–Crippen LogP) is 3.56. The molecule has 2 heterocycles. The normalized spacial score (nSPS) is 15.3. The first-order valence-corrected chi connectivity index (χ1v) is 12.2. The largest absolute Gasteiger partial charge is 0.493 e. The van der Waals surface area contributed by atoms with Gasteiger partial charge in [0.2, 0.25) is 11.8 Å². The Hall–Kier alpha value is -3.81. The lowest BCUT2D eigenvalue weighted by molar-refractivity contribution is -0.135. The van der Waals surface area contributed by atoms with Crippen LogP contribution < -0.4 is 9.47 Å². The average molecular weight is 491 g/mol. The lowest BCUT2D eigenvalue weighted by Gasteiger charge is -2.22. The van der Waals surface area contributed by atoms with E-state index in [2.05, 4.69) is 0 Å². The summed E-state index contributed by atoms with van der Waals surface area (Å²) < 4.78 is 12.6. The first-order chi connectivity index (χ1) is 17.3. The highest BCUT2D eigenvalue weighted by molar-refractivity contribution is 5.89. The molecular weight excluding hydrogens is 456 g/mol. The van der Waals surface area contributed by atoms with Crippen LogP contribution in [0.25, 0.3) is 5.69 Å². The summed E-state index contributed by atoms with van der Waals surface area (Å²) in [6, 6.07) is 15.7. The van der Waals surface area contributed by atoms with Crippen LogP contribution in [0.4, 0.5) is 0 Å². The maximum Gasteiger partial charge on any atom is 0.228 e. The number of hydrogen-bond donors (Lipinski definition) is 0. The molecule has 1 aliphatic heterocycles. The molecule has 3 aromatic rings. The molecule has 4 rings (SSSR count). The zero-order chi connectivity index (χ0) is 25.8. The smallest absolute Gasteiger partial charge is 0.228 e. The van der Waals surface area contributed by atoms with E-state index in [1.807, 2.05) is 67.1 Å². The van der Waals surface area contributed by atoms with E-state index in [0.717, 1.165) is 28.2 Å². The van der Waals surface area contributed by atoms with Crippen molar-refractivity contribution in [2.45, 2.75) is 33.2 Å². The van der Waals surface area contributed by atoms with Gasteiger partial charge in [-0.15, -0.1) is 0 Å². The second-order valence-corrected chi connectivity index (χ2v) is 9.27. The second kappa shape index (κ2) is 10.8. The van der Waals surface area contributed by atoms with Crippen LogP contribution in [-0.2, 0) is 22.6 Å². The minimum Gasteiger partial charge on any atom is -0.493 e. The van der Waals surface area contributed by atoms with E-state index in [-0.39, 0.29) is 24.2 Å². The van der Waals surface area contributed by atoms with Crippen molar-refractivity contribution in [2.24, 2.45) is 5.92 Å². The molecule has 1 aliphatic rings. The van der Waals surface area contributed by atoms with Crippen molar-refractivity contribution in [1.82, 2.24) is 19.6 Å². The maximum absolute atomic E-state index is 13.3. The number of amides is 2. The summed E-state index contributed by atoms with van der Waals surface area (Å²) in [5, 5.41) is 4.69. The zero-order valence-electron chi connectivity index (χ0n) is 21.7. The lowest BCUT2D eigenvalue weighted by atomic mass is 10.1. The predicted molar refractivity (Wildman–Crippen MR) is 137 cm³/mol. The Balaban J connectivity index is 1.37. The molecule has 0 radical (unpaired) electrons. The van der Waals surface area contributed by atoms with Gasteiger partial charge in [-0.1, -0.05) is 24.3 Å². The molecular formula is C28H34N4O4. The highest BCUT2D eigenvalue weighted by atomic mass is 16.5. The summed E-state index contributed by atoms with van der Waals surface area (Å²) >= 11 is 0. The summed E-state index contributed by atoms with van der Waals surface area (Å²) in [7, 11) is 5.01. The van der Waals surface area contributed by atoms with E-state index in [0.29, 0.717) is 37.6 Å². The quantitative estimate of drug-likeness (QED) is 0.459. The van der Waals surface area contributed by atoms with Gasteiger partial charge in [0.25, 0.3) is 0 Å². The number of likely N-dealkylation sites (tertiary alicyclic amines) is 1. The first kappa shape index (κ1) is 25.3. The number of carbonyl (C=O) groups is 2. The Kier molecular flexibility index (Phi) is 7.62. The fourth-order valence-corrected chi connectivity index (χ4v) is 4.81. The molecule has 190 valence electrons. The van der Waals surface area contributed by atoms with Crippen LogP contribution in [0.3, 0.4) is 0 Å². The third-order valence-electron chi connectivity index (χ3n) is 6.90. The Morgan fingerprint density at radius 2 is 1.81 bits per heavy atom. The van der Waals surface area contributed by atoms with Crippen LogP contribution in [-0.4, -0.2) is 65.8 Å². The molecule has 0 bridgehead atoms. The second-order valence-electron chi connectivity index (χ2n) is 9.27. The zero-order valence-corrected chi connectivity index (χ0v) is 21.7. The highest BCUT2D eigenvalue weighted by Crippen LogP contribution is 2.28. The Morgan fingerprint density at radius 1 is 1.08 bits per heavy atom. The van der Waals surface area contributed by atoms with Crippen LogP contribution in [0.15, 0.2) is 48.5 Å². The van der Waals surface area contributed by atoms with Gasteiger partial charge in [0, 0.05) is 44.4 Å². The van der Waals surface area contributed by atoms with E-state index >= 15 is 0 Å². The van der Waals surface area contributed by atoms with Crippen LogP contribution in [0.2, 0.25) is 0 Å². The monoisotopic (exact) mass is 490 g/mol. The van der Waals surface area contributed by atoms with Crippen molar-refractivity contribution < 1.29 is 19.1 Å². The average Bonchev–Trinajstić information content (AvgIpc) is 3.41. The number of aromatic nitrogens is 2. The van der Waals surface area contributed by atoms with Crippen molar-refractivity contribution in [1.29, 1.82) is 0 Å². The van der Waals surface area contributed by atoms with Crippen molar-refractivity contribution >= 4 is 11.8 Å². The number of benzene rings is 2. The number of ether oxygens (including phenoxy) is 2. The molecule has 0 aliphatic carbocycles. The Bertz CT molecular complexity index is 1240. The van der Waals surface area contributed by atoms with Gasteiger partial charge in [-0.05, 0) is 50.1 Å². The number of para-hydroxylation sites is 1. The van der Waals surface area contributed by atoms with Gasteiger partial charge in [-0.25, -0.2) is 4.68 Å². The van der Waals surface area contributed by atoms with Gasteiger partial charge in [0.05, 0.1) is 31.5 Å². The number of hydrogen-bond acceptors (Lipinski definition) is 5. The minimum absolute atomic E-state index is 0.0109. The fourth-order valence-electron chi connectivity index (χ4n) is 4.81. The standard InChI is InChI=1S/C28H34N4O4/c1-19-24(20(2)32(29-19)23-9-7-6-8-10-23)18-30(3)28(34)22-16-27(33)31(17-22)14-13-21-11-12-25(35-4)26(15-21)36-5/h6-12,15,22H,13-14,16-18H2,1-5H3. The number of nitrogens with zero attached hydrogens (tertiary/aromatic N) is 4. The van der Waals surface area contributed by atoms with E-state index in [9.17, 15) is 9.59 Å². The van der Waals surface area contributed by atoms with Crippen LogP contribution in [0.5, 0.6) is 11.5 Å². The molecule has 1 aromatic heterocycles. The lowest BCUT2D eigenvalue weighted by Crippen LogP contribution is -2.35. The van der Waals surface area contributed by atoms with E-state index < -0.39 is 0 Å². The molecule has 0 spiro atoms. The first-order valence-electron chi connectivity index (χ1n) is 12.2. The van der Waals surface area contributed by atoms with Crippen molar-refractivity contribution in [2.75, 3.05) is 34.4 Å². The molecule has 1 unspecified atom stereocenters. The molecule has 1 atom stereocenters. The number of aryl methyl sites for hydroxylation is 1. The number of carbonyl (C=O) groups excluding carboxylic acids is 2. The van der Waals surface area contributed by atoms with Crippen LogP contribution in [0, 0.1) is 19.8 Å². The summed E-state index contributed by atoms with van der Waals surface area (Å²) in [5.41, 5.74) is 4.98. The topological polar surface area (TPSA) is 76.9 Å². The minimum atomic E-state index is -0.335. The maximum atomic E-state index is 13.3. The number of methoxy groups -OCH3 is 2. The Labute approximate surface area is 212 Å². The van der Waals surface area contributed by atoms with Gasteiger partial charge >= 0.3 is 0 Å². The molecule has 2 amide bonds. The highest BCUT2D eigenvalue weighted by Gasteiger charge is 2.35. The van der Waals surface area contributed by atoms with Gasteiger partial charge in [-0.3, -0.25) is 9.59 Å². The van der Waals surface area contributed by atoms with Crippen LogP contribution >= 0.6 is 0 Å². The van der Waals surface area contributed by atoms with E-state index in [1.165, 1.54) is 0 Å². The van der Waals surface area contributed by atoms with E-state index in [1.54, 1.807) is 31.1 Å². The van der Waals surface area contributed by atoms with Gasteiger partial charge < -0.3 is 19.3 Å². The summed E-state index contributed by atoms with van der Waals surface area (Å²) in [5.74, 6) is 1.01. The molecule has 8 nitrogen and oxygen atoms in total. The van der Waals surface area contributed by atoms with Gasteiger partial charge in [0.1, 0.15) is 0 Å². The summed E-state index contributed by atoms with van der Waals surface area (Å²) in [6.07, 6.45) is 0.927. The Morgan fingerprint density at radius 3 is 2.50 bits per heavy atom. The number of rotatable bonds is 9. The van der Waals surface area contributed by atoms with Crippen LogP contribution in [0.1, 0.15) is 28.9 Å². The van der Waals surface area contributed by atoms with Gasteiger partial charge in [0.15, 0.2) is 11.5 Å². The van der Waals surface area contributed by atoms with Crippen molar-refractivity contribution in [3.8, 4) is 17.2 Å². The van der Waals surface area contributed by atoms with Crippen molar-refractivity contribution in [3.63, 3.8) is 0 Å². The molecule has 1 fully saturated rings. The molecule has 0 saturated carbocycles. The molecule has 36 heavy (non-hydrogen) atoms. The molecule has 0 N–H and O–H groups in total. The molecule has 1 saturated heterocycles. The third-order valence-corrected chi connectivity index (χ3v) is 6.90. The summed E-state index contributed by atoms with van der Waals surface area (Å²) in [6.45, 7) is 5.45. The third kappa shape index (κ3) is 5.22. The van der Waals surface area contributed by atoms with Gasteiger partial charge in [-0.2, -0.15) is 5.10 Å².